The lowest BCUT2D eigenvalue weighted by Gasteiger charge is -2.01. The van der Waals surface area contributed by atoms with E-state index in [0.717, 1.165) is 27.2 Å². The summed E-state index contributed by atoms with van der Waals surface area (Å²) in [5.41, 5.74) is 2.44. The maximum Gasteiger partial charge on any atom is 0.160 e. The summed E-state index contributed by atoms with van der Waals surface area (Å²) in [4.78, 5) is 7.81. The van der Waals surface area contributed by atoms with Gasteiger partial charge in [-0.25, -0.2) is 9.37 Å². The van der Waals surface area contributed by atoms with Crippen LogP contribution in [0.25, 0.3) is 44.2 Å². The van der Waals surface area contributed by atoms with E-state index in [4.69, 9.17) is 16.0 Å². The van der Waals surface area contributed by atoms with Gasteiger partial charge in [-0.3, -0.25) is 0 Å². The minimum absolute atomic E-state index is 0.263. The molecule has 0 aliphatic rings. The van der Waals surface area contributed by atoms with Gasteiger partial charge in [-0.2, -0.15) is 0 Å². The number of rotatable bonds is 1. The molecule has 3 aromatic carbocycles. The monoisotopic (exact) mass is 336 g/mol. The molecular formula is C19H10ClFN2O. The van der Waals surface area contributed by atoms with Crippen LogP contribution in [0.4, 0.5) is 4.39 Å². The summed E-state index contributed by atoms with van der Waals surface area (Å²) in [7, 11) is 0. The van der Waals surface area contributed by atoms with E-state index in [1.807, 2.05) is 30.3 Å². The van der Waals surface area contributed by atoms with Gasteiger partial charge in [-0.15, -0.1) is 0 Å². The van der Waals surface area contributed by atoms with Crippen molar-refractivity contribution in [1.29, 1.82) is 0 Å². The first-order valence-electron chi connectivity index (χ1n) is 7.46. The molecular weight excluding hydrogens is 327 g/mol. The van der Waals surface area contributed by atoms with Crippen molar-refractivity contribution in [3.63, 3.8) is 0 Å². The van der Waals surface area contributed by atoms with Crippen LogP contribution in [-0.4, -0.2) is 9.97 Å². The average Bonchev–Trinajstić information content (AvgIpc) is 3.22. The molecule has 0 spiro atoms. The fourth-order valence-corrected chi connectivity index (χ4v) is 3.47. The molecule has 5 heteroatoms. The zero-order chi connectivity index (χ0) is 16.3. The van der Waals surface area contributed by atoms with Crippen LogP contribution in [0.3, 0.4) is 0 Å². The molecule has 0 bridgehead atoms. The van der Waals surface area contributed by atoms with E-state index in [9.17, 15) is 4.39 Å². The normalized spacial score (nSPS) is 11.8. The molecule has 5 rings (SSSR count). The molecule has 0 aliphatic carbocycles. The van der Waals surface area contributed by atoms with Crippen molar-refractivity contribution in [3.05, 3.63) is 65.6 Å². The molecule has 2 aromatic heterocycles. The molecule has 116 valence electrons. The minimum Gasteiger partial charge on any atom is -0.462 e. The van der Waals surface area contributed by atoms with Gasteiger partial charge in [-0.1, -0.05) is 41.9 Å². The highest BCUT2D eigenvalue weighted by Gasteiger charge is 2.18. The van der Waals surface area contributed by atoms with Crippen molar-refractivity contribution in [2.45, 2.75) is 0 Å². The maximum atomic E-state index is 14.3. The van der Waals surface area contributed by atoms with Crippen molar-refractivity contribution in [1.82, 2.24) is 9.97 Å². The molecule has 1 N–H and O–H groups in total. The van der Waals surface area contributed by atoms with E-state index < -0.39 is 5.82 Å². The van der Waals surface area contributed by atoms with Gasteiger partial charge in [0.05, 0.1) is 16.8 Å². The molecule has 0 atom stereocenters. The van der Waals surface area contributed by atoms with Crippen molar-refractivity contribution in [3.8, 4) is 11.4 Å². The van der Waals surface area contributed by atoms with Crippen LogP contribution in [0.1, 0.15) is 0 Å². The number of aromatic amines is 1. The fourth-order valence-electron chi connectivity index (χ4n) is 3.21. The smallest absolute Gasteiger partial charge is 0.160 e. The molecule has 3 nitrogen and oxygen atoms in total. The number of imidazole rings is 1. The largest absolute Gasteiger partial charge is 0.462 e. The summed E-state index contributed by atoms with van der Waals surface area (Å²) in [5, 5.41) is 3.34. The van der Waals surface area contributed by atoms with Gasteiger partial charge in [0.2, 0.25) is 0 Å². The quantitative estimate of drug-likeness (QED) is 0.412. The van der Waals surface area contributed by atoms with E-state index in [-0.39, 0.29) is 5.56 Å². The summed E-state index contributed by atoms with van der Waals surface area (Å²) < 4.78 is 19.9. The molecule has 0 amide bonds. The lowest BCUT2D eigenvalue weighted by Crippen LogP contribution is -1.87. The molecule has 0 saturated carbocycles. The van der Waals surface area contributed by atoms with Crippen LogP contribution in [0.2, 0.25) is 5.02 Å². The summed E-state index contributed by atoms with van der Waals surface area (Å²) in [6.07, 6.45) is 1.65. The summed E-state index contributed by atoms with van der Waals surface area (Å²) >= 11 is 6.18. The number of nitrogens with zero attached hydrogens (tertiary/aromatic N) is 1. The van der Waals surface area contributed by atoms with Crippen molar-refractivity contribution >= 4 is 44.4 Å². The zero-order valence-corrected chi connectivity index (χ0v) is 13.1. The molecule has 0 radical (unpaired) electrons. The number of halogens is 2. The molecule has 24 heavy (non-hydrogen) atoms. The Labute approximate surface area is 140 Å². The summed E-state index contributed by atoms with van der Waals surface area (Å²) in [6.45, 7) is 0. The highest BCUT2D eigenvalue weighted by molar-refractivity contribution is 6.33. The molecule has 5 aromatic rings. The topological polar surface area (TPSA) is 41.8 Å². The number of nitrogens with one attached hydrogen (secondary N) is 1. The molecule has 0 saturated heterocycles. The number of furan rings is 1. The van der Waals surface area contributed by atoms with E-state index in [0.29, 0.717) is 16.4 Å². The third-order valence-corrected chi connectivity index (χ3v) is 4.58. The third kappa shape index (κ3) is 1.74. The number of aromatic nitrogens is 2. The SMILES string of the molecule is Fc1cccc(Cl)c1-c1nc2c3ccccc3c3ccoc3c2[nH]1. The van der Waals surface area contributed by atoms with Gasteiger partial charge < -0.3 is 9.40 Å². The Morgan fingerprint density at radius 3 is 2.62 bits per heavy atom. The van der Waals surface area contributed by atoms with Gasteiger partial charge in [0.15, 0.2) is 5.58 Å². The van der Waals surface area contributed by atoms with E-state index in [1.54, 1.807) is 18.4 Å². The maximum absolute atomic E-state index is 14.3. The Morgan fingerprint density at radius 2 is 1.79 bits per heavy atom. The lowest BCUT2D eigenvalue weighted by atomic mass is 10.1. The highest BCUT2D eigenvalue weighted by Crippen LogP contribution is 2.37. The fraction of sp³-hybridized carbons (Fsp3) is 0. The Kier molecular flexibility index (Phi) is 2.73. The number of fused-ring (bicyclic) bond motifs is 6. The predicted octanol–water partition coefficient (Wildman–Crippen LogP) is 5.92. The second kappa shape index (κ2) is 4.82. The van der Waals surface area contributed by atoms with Gasteiger partial charge in [0.25, 0.3) is 0 Å². The van der Waals surface area contributed by atoms with Gasteiger partial charge in [-0.05, 0) is 23.6 Å². The van der Waals surface area contributed by atoms with Crippen LogP contribution in [0, 0.1) is 5.82 Å². The first-order chi connectivity index (χ1) is 11.7. The second-order valence-corrected chi connectivity index (χ2v) is 6.02. The minimum atomic E-state index is -0.415. The van der Waals surface area contributed by atoms with Crippen molar-refractivity contribution in [2.75, 3.05) is 0 Å². The molecule has 0 unspecified atom stereocenters. The Balaban J connectivity index is 1.97. The van der Waals surface area contributed by atoms with Gasteiger partial charge in [0.1, 0.15) is 22.7 Å². The second-order valence-electron chi connectivity index (χ2n) is 5.61. The van der Waals surface area contributed by atoms with E-state index in [2.05, 4.69) is 9.97 Å². The van der Waals surface area contributed by atoms with Crippen LogP contribution >= 0.6 is 11.6 Å². The lowest BCUT2D eigenvalue weighted by molar-refractivity contribution is 0.618. The number of benzene rings is 3. The Bertz CT molecular complexity index is 1220. The highest BCUT2D eigenvalue weighted by atomic mass is 35.5. The van der Waals surface area contributed by atoms with Crippen LogP contribution in [0.15, 0.2) is 59.2 Å². The van der Waals surface area contributed by atoms with E-state index >= 15 is 0 Å². The van der Waals surface area contributed by atoms with E-state index in [1.165, 1.54) is 6.07 Å². The van der Waals surface area contributed by atoms with Crippen LogP contribution in [0.5, 0.6) is 0 Å². The first kappa shape index (κ1) is 13.6. The Morgan fingerprint density at radius 1 is 0.958 bits per heavy atom. The predicted molar refractivity (Wildman–Crippen MR) is 93.8 cm³/mol. The van der Waals surface area contributed by atoms with Crippen molar-refractivity contribution in [2.24, 2.45) is 0 Å². The molecule has 0 fully saturated rings. The first-order valence-corrected chi connectivity index (χ1v) is 7.84. The number of hydrogen-bond donors (Lipinski definition) is 1. The Hall–Kier alpha value is -2.85. The van der Waals surface area contributed by atoms with Crippen LogP contribution < -0.4 is 0 Å². The molecule has 2 heterocycles. The van der Waals surface area contributed by atoms with Gasteiger partial charge in [0, 0.05) is 10.8 Å². The van der Waals surface area contributed by atoms with Crippen molar-refractivity contribution < 1.29 is 8.81 Å². The standard InChI is InChI=1S/C19H10ClFN2O/c20-13-6-3-7-14(21)15(13)19-22-16-11-5-2-1-4-10(11)12-8-9-24-18(12)17(16)23-19/h1-9H,(H,22,23). The zero-order valence-electron chi connectivity index (χ0n) is 12.3. The number of hydrogen-bond acceptors (Lipinski definition) is 2. The number of H-pyrrole nitrogens is 1. The summed E-state index contributed by atoms with van der Waals surface area (Å²) in [6, 6.07) is 14.5. The van der Waals surface area contributed by atoms with Gasteiger partial charge >= 0.3 is 0 Å². The summed E-state index contributed by atoms with van der Waals surface area (Å²) in [5.74, 6) is -0.0243. The van der Waals surface area contributed by atoms with Crippen LogP contribution in [-0.2, 0) is 0 Å². The molecule has 0 aliphatic heterocycles. The third-order valence-electron chi connectivity index (χ3n) is 4.27. The average molecular weight is 337 g/mol.